The first kappa shape index (κ1) is 18.9. The fourth-order valence-electron chi connectivity index (χ4n) is 4.51. The van der Waals surface area contributed by atoms with Crippen molar-refractivity contribution in [3.63, 3.8) is 0 Å². The molecule has 28 heavy (non-hydrogen) atoms. The van der Waals surface area contributed by atoms with E-state index in [1.807, 2.05) is 24.3 Å². The molecule has 2 atom stereocenters. The van der Waals surface area contributed by atoms with Crippen LogP contribution < -0.4 is 4.74 Å². The lowest BCUT2D eigenvalue weighted by Gasteiger charge is -2.38. The van der Waals surface area contributed by atoms with Gasteiger partial charge in [-0.1, -0.05) is 12.1 Å². The van der Waals surface area contributed by atoms with Gasteiger partial charge in [-0.15, -0.1) is 0 Å². The minimum absolute atomic E-state index is 0.243. The lowest BCUT2D eigenvalue weighted by atomic mass is 9.98. The summed E-state index contributed by atoms with van der Waals surface area (Å²) in [6.07, 6.45) is 5.59. The Hall–Kier alpha value is -2.40. The maximum absolute atomic E-state index is 13.0. The Bertz CT molecular complexity index is 809. The minimum Gasteiger partial charge on any atom is -0.457 e. The average molecular weight is 383 g/mol. The Kier molecular flexibility index (Phi) is 5.62. The van der Waals surface area contributed by atoms with Gasteiger partial charge in [0.2, 0.25) is 5.91 Å². The minimum atomic E-state index is -0.289. The van der Waals surface area contributed by atoms with Gasteiger partial charge in [-0.05, 0) is 74.1 Å². The summed E-state index contributed by atoms with van der Waals surface area (Å²) in [4.78, 5) is 15.0. The van der Waals surface area contributed by atoms with Crippen molar-refractivity contribution in [2.24, 2.45) is 0 Å². The maximum atomic E-state index is 13.0. The number of carbonyl (C=O) groups is 1. The molecule has 0 aliphatic carbocycles. The van der Waals surface area contributed by atoms with E-state index < -0.39 is 0 Å². The second-order valence-corrected chi connectivity index (χ2v) is 7.72. The number of aryl methyl sites for hydroxylation is 1. The topological polar surface area (TPSA) is 38.8 Å². The molecule has 4 nitrogen and oxygen atoms in total. The number of nitrogens with zero attached hydrogens (tertiary/aromatic N) is 1. The molecule has 2 aromatic carbocycles. The molecule has 2 aliphatic rings. The first-order chi connectivity index (χ1) is 13.6. The van der Waals surface area contributed by atoms with Crippen molar-refractivity contribution in [3.05, 3.63) is 59.9 Å². The molecular weight excluding hydrogens is 357 g/mol. The molecule has 2 heterocycles. The van der Waals surface area contributed by atoms with Crippen LogP contribution in [-0.2, 0) is 16.0 Å². The Labute approximate surface area is 165 Å². The van der Waals surface area contributed by atoms with Crippen LogP contribution >= 0.6 is 0 Å². The molecule has 2 fully saturated rings. The van der Waals surface area contributed by atoms with Crippen LogP contribution in [0.5, 0.6) is 11.5 Å². The highest BCUT2D eigenvalue weighted by molar-refractivity contribution is 5.77. The van der Waals surface area contributed by atoms with Crippen LogP contribution in [0.1, 0.15) is 37.7 Å². The molecule has 2 aliphatic heterocycles. The van der Waals surface area contributed by atoms with Gasteiger partial charge in [0.05, 0.1) is 6.10 Å². The van der Waals surface area contributed by atoms with Gasteiger partial charge in [-0.3, -0.25) is 4.79 Å². The zero-order valence-corrected chi connectivity index (χ0v) is 16.1. The summed E-state index contributed by atoms with van der Waals surface area (Å²) < 4.78 is 24.3. The predicted molar refractivity (Wildman–Crippen MR) is 105 cm³/mol. The van der Waals surface area contributed by atoms with Crippen molar-refractivity contribution in [2.45, 2.75) is 56.7 Å². The van der Waals surface area contributed by atoms with Crippen molar-refractivity contribution < 1.29 is 18.7 Å². The smallest absolute Gasteiger partial charge is 0.223 e. The molecule has 2 unspecified atom stereocenters. The molecule has 0 radical (unpaired) electrons. The summed E-state index contributed by atoms with van der Waals surface area (Å²) in [5.74, 6) is 1.24. The third kappa shape index (κ3) is 4.20. The Balaban J connectivity index is 1.35. The summed E-state index contributed by atoms with van der Waals surface area (Å²) >= 11 is 0. The summed E-state index contributed by atoms with van der Waals surface area (Å²) in [7, 11) is 1.77. The van der Waals surface area contributed by atoms with Gasteiger partial charge in [-0.25, -0.2) is 4.39 Å². The van der Waals surface area contributed by atoms with Crippen molar-refractivity contribution in [1.82, 2.24) is 4.90 Å². The fraction of sp³-hybridized carbons (Fsp3) is 0.435. The first-order valence-corrected chi connectivity index (χ1v) is 9.98. The highest BCUT2D eigenvalue weighted by Crippen LogP contribution is 2.37. The van der Waals surface area contributed by atoms with E-state index in [1.165, 1.54) is 12.1 Å². The van der Waals surface area contributed by atoms with E-state index in [9.17, 15) is 9.18 Å². The van der Waals surface area contributed by atoms with Gasteiger partial charge in [0.25, 0.3) is 0 Å². The molecular formula is C23H26FNO3. The van der Waals surface area contributed by atoms with Gasteiger partial charge >= 0.3 is 0 Å². The van der Waals surface area contributed by atoms with Crippen molar-refractivity contribution in [3.8, 4) is 11.5 Å². The molecule has 2 bridgehead atoms. The third-order valence-corrected chi connectivity index (χ3v) is 5.89. The number of hydrogen-bond donors (Lipinski definition) is 0. The maximum Gasteiger partial charge on any atom is 0.223 e. The molecule has 2 aromatic rings. The average Bonchev–Trinajstić information content (AvgIpc) is 2.98. The molecule has 0 spiro atoms. The molecule has 4 rings (SSSR count). The Morgan fingerprint density at radius 2 is 1.79 bits per heavy atom. The van der Waals surface area contributed by atoms with Crippen LogP contribution in [-0.4, -0.2) is 36.1 Å². The number of rotatable bonds is 6. The SMILES string of the molecule is COC1CC2CCC(C1)N2C(=O)CCc1cccc(Oc2ccc(F)cc2)c1. The van der Waals surface area contributed by atoms with Crippen LogP contribution in [0.4, 0.5) is 4.39 Å². The number of hydrogen-bond acceptors (Lipinski definition) is 3. The molecule has 5 heteroatoms. The lowest BCUT2D eigenvalue weighted by Crippen LogP contribution is -2.48. The van der Waals surface area contributed by atoms with Gasteiger partial charge in [0.15, 0.2) is 0 Å². The van der Waals surface area contributed by atoms with E-state index in [2.05, 4.69) is 4.90 Å². The summed E-state index contributed by atoms with van der Waals surface area (Å²) in [6, 6.07) is 14.4. The molecule has 0 aromatic heterocycles. The van der Waals surface area contributed by atoms with Crippen molar-refractivity contribution >= 4 is 5.91 Å². The summed E-state index contributed by atoms with van der Waals surface area (Å²) in [5, 5.41) is 0. The van der Waals surface area contributed by atoms with E-state index in [0.29, 0.717) is 42.5 Å². The number of halogens is 1. The zero-order chi connectivity index (χ0) is 19.5. The highest BCUT2D eigenvalue weighted by atomic mass is 19.1. The fourth-order valence-corrected chi connectivity index (χ4v) is 4.51. The van der Waals surface area contributed by atoms with Crippen LogP contribution in [0.15, 0.2) is 48.5 Å². The van der Waals surface area contributed by atoms with E-state index in [-0.39, 0.29) is 11.7 Å². The number of fused-ring (bicyclic) bond motifs is 2. The number of benzene rings is 2. The lowest BCUT2D eigenvalue weighted by molar-refractivity contribution is -0.137. The summed E-state index contributed by atoms with van der Waals surface area (Å²) in [5.41, 5.74) is 1.06. The molecule has 1 amide bonds. The Morgan fingerprint density at radius 3 is 2.46 bits per heavy atom. The van der Waals surface area contributed by atoms with Crippen LogP contribution in [0, 0.1) is 5.82 Å². The second kappa shape index (κ2) is 8.31. The number of methoxy groups -OCH3 is 1. The van der Waals surface area contributed by atoms with Crippen LogP contribution in [0.2, 0.25) is 0 Å². The van der Waals surface area contributed by atoms with E-state index in [1.54, 1.807) is 19.2 Å². The molecule has 0 N–H and O–H groups in total. The molecule has 2 saturated heterocycles. The summed E-state index contributed by atoms with van der Waals surface area (Å²) in [6.45, 7) is 0. The van der Waals surface area contributed by atoms with Crippen molar-refractivity contribution in [1.29, 1.82) is 0 Å². The van der Waals surface area contributed by atoms with E-state index in [0.717, 1.165) is 31.2 Å². The Morgan fingerprint density at radius 1 is 1.07 bits per heavy atom. The normalized spacial score (nSPS) is 23.6. The number of piperidine rings is 1. The predicted octanol–water partition coefficient (Wildman–Crippen LogP) is 4.72. The van der Waals surface area contributed by atoms with Gasteiger partial charge in [0.1, 0.15) is 17.3 Å². The highest BCUT2D eigenvalue weighted by Gasteiger charge is 2.42. The number of ether oxygens (including phenoxy) is 2. The monoisotopic (exact) mass is 383 g/mol. The first-order valence-electron chi connectivity index (χ1n) is 9.98. The quantitative estimate of drug-likeness (QED) is 0.725. The van der Waals surface area contributed by atoms with Gasteiger partial charge < -0.3 is 14.4 Å². The van der Waals surface area contributed by atoms with Gasteiger partial charge in [0, 0.05) is 25.6 Å². The standard InChI is InChI=1S/C23H26FNO3/c1-27-22-14-18-8-9-19(15-22)25(18)23(26)12-5-16-3-2-4-21(13-16)28-20-10-6-17(24)7-11-20/h2-4,6-7,10-11,13,18-19,22H,5,8-9,12,14-15H2,1H3. The van der Waals surface area contributed by atoms with E-state index >= 15 is 0 Å². The number of amides is 1. The molecule has 0 saturated carbocycles. The largest absolute Gasteiger partial charge is 0.457 e. The van der Waals surface area contributed by atoms with Crippen molar-refractivity contribution in [2.75, 3.05) is 7.11 Å². The van der Waals surface area contributed by atoms with Crippen LogP contribution in [0.3, 0.4) is 0 Å². The van der Waals surface area contributed by atoms with Gasteiger partial charge in [-0.2, -0.15) is 0 Å². The third-order valence-electron chi connectivity index (χ3n) is 5.89. The van der Waals surface area contributed by atoms with Crippen LogP contribution in [0.25, 0.3) is 0 Å². The number of carbonyl (C=O) groups excluding carboxylic acids is 1. The molecule has 148 valence electrons. The van der Waals surface area contributed by atoms with E-state index in [4.69, 9.17) is 9.47 Å². The second-order valence-electron chi connectivity index (χ2n) is 7.72. The zero-order valence-electron chi connectivity index (χ0n) is 16.1.